The molecule has 1 aromatic rings. The first-order chi connectivity index (χ1) is 9.56. The van der Waals surface area contributed by atoms with E-state index in [-0.39, 0.29) is 11.8 Å². The van der Waals surface area contributed by atoms with E-state index in [0.29, 0.717) is 11.6 Å². The monoisotopic (exact) mass is 278 g/mol. The average molecular weight is 278 g/mol. The van der Waals surface area contributed by atoms with Gasteiger partial charge in [-0.2, -0.15) is 0 Å². The van der Waals surface area contributed by atoms with E-state index in [1.807, 2.05) is 13.8 Å². The number of nitrogen functional groups attached to an aromatic ring is 1. The van der Waals surface area contributed by atoms with Crippen LogP contribution in [0.5, 0.6) is 0 Å². The van der Waals surface area contributed by atoms with Gasteiger partial charge in [0.1, 0.15) is 17.5 Å². The van der Waals surface area contributed by atoms with E-state index in [4.69, 9.17) is 5.84 Å². The summed E-state index contributed by atoms with van der Waals surface area (Å²) in [6, 6.07) is 0. The maximum atomic E-state index is 11.6. The van der Waals surface area contributed by atoms with Gasteiger partial charge in [0.2, 0.25) is 5.91 Å². The molecule has 0 aromatic carbocycles. The molecule has 1 fully saturated rings. The number of carbonyl (C=O) groups excluding carboxylic acids is 1. The Bertz CT molecular complexity index is 496. The topological polar surface area (TPSA) is 96.2 Å². The Kier molecular flexibility index (Phi) is 4.39. The van der Waals surface area contributed by atoms with Gasteiger partial charge in [-0.25, -0.2) is 15.8 Å². The van der Waals surface area contributed by atoms with Crippen LogP contribution in [0.25, 0.3) is 0 Å². The lowest BCUT2D eigenvalue weighted by molar-refractivity contribution is -0.125. The van der Waals surface area contributed by atoms with Gasteiger partial charge in [0.15, 0.2) is 0 Å². The van der Waals surface area contributed by atoms with Crippen LogP contribution in [-0.2, 0) is 4.79 Å². The van der Waals surface area contributed by atoms with E-state index in [9.17, 15) is 4.79 Å². The highest BCUT2D eigenvalue weighted by Crippen LogP contribution is 2.27. The lowest BCUT2D eigenvalue weighted by Crippen LogP contribution is -2.40. The van der Waals surface area contributed by atoms with Crippen LogP contribution in [0.4, 0.5) is 11.6 Å². The minimum absolute atomic E-state index is 0.103. The minimum atomic E-state index is 0.103. The number of carbonyl (C=O) groups is 1. The molecule has 1 saturated heterocycles. The van der Waals surface area contributed by atoms with Crippen molar-refractivity contribution in [1.29, 1.82) is 0 Å². The van der Waals surface area contributed by atoms with Crippen molar-refractivity contribution in [2.75, 3.05) is 30.5 Å². The van der Waals surface area contributed by atoms with Crippen molar-refractivity contribution < 1.29 is 4.79 Å². The Hall–Kier alpha value is -1.89. The van der Waals surface area contributed by atoms with Gasteiger partial charge in [-0.3, -0.25) is 4.79 Å². The molecule has 0 saturated carbocycles. The Morgan fingerprint density at radius 2 is 1.95 bits per heavy atom. The van der Waals surface area contributed by atoms with Crippen molar-refractivity contribution in [3.8, 4) is 0 Å². The summed E-state index contributed by atoms with van der Waals surface area (Å²) in [5.41, 5.74) is 3.55. The summed E-state index contributed by atoms with van der Waals surface area (Å²) < 4.78 is 0. The van der Waals surface area contributed by atoms with Crippen LogP contribution in [-0.4, -0.2) is 36.0 Å². The molecule has 7 heteroatoms. The van der Waals surface area contributed by atoms with Crippen LogP contribution in [0.15, 0.2) is 0 Å². The molecule has 1 aromatic heterocycles. The second-order valence-corrected chi connectivity index (χ2v) is 5.09. The first-order valence-corrected chi connectivity index (χ1v) is 6.85. The fraction of sp³-hybridized carbons (Fsp3) is 0.615. The molecule has 110 valence electrons. The summed E-state index contributed by atoms with van der Waals surface area (Å²) in [4.78, 5) is 22.6. The molecule has 2 heterocycles. The van der Waals surface area contributed by atoms with Crippen molar-refractivity contribution in [3.05, 3.63) is 11.4 Å². The summed E-state index contributed by atoms with van der Waals surface area (Å²) in [6.07, 6.45) is 1.68. The Labute approximate surface area is 118 Å². The summed E-state index contributed by atoms with van der Waals surface area (Å²) in [5, 5.41) is 2.72. The Balaban J connectivity index is 2.15. The molecule has 1 aliphatic heterocycles. The Morgan fingerprint density at radius 3 is 2.50 bits per heavy atom. The Morgan fingerprint density at radius 1 is 1.30 bits per heavy atom. The van der Waals surface area contributed by atoms with Crippen molar-refractivity contribution in [2.45, 2.75) is 26.7 Å². The number of aromatic nitrogens is 2. The number of piperidine rings is 1. The fourth-order valence-corrected chi connectivity index (χ4v) is 2.62. The molecule has 0 atom stereocenters. The molecule has 1 amide bonds. The number of hydrazine groups is 1. The van der Waals surface area contributed by atoms with Gasteiger partial charge < -0.3 is 15.6 Å². The number of hydrogen-bond donors (Lipinski definition) is 3. The number of anilines is 2. The summed E-state index contributed by atoms with van der Waals surface area (Å²) in [7, 11) is 1.69. The van der Waals surface area contributed by atoms with Gasteiger partial charge in [0.05, 0.1) is 0 Å². The van der Waals surface area contributed by atoms with Crippen LogP contribution < -0.4 is 21.5 Å². The standard InChI is InChI=1S/C13H22N6O/c1-8-11(18-14)16-9(2)17-12(8)19-6-4-10(5-7-19)13(20)15-3/h10H,4-7,14H2,1-3H3,(H,15,20)(H,16,17,18). The number of amides is 1. The normalized spacial score (nSPS) is 16.1. The zero-order chi connectivity index (χ0) is 14.7. The zero-order valence-corrected chi connectivity index (χ0v) is 12.2. The number of nitrogens with one attached hydrogen (secondary N) is 2. The predicted molar refractivity (Wildman–Crippen MR) is 78.3 cm³/mol. The van der Waals surface area contributed by atoms with Crippen molar-refractivity contribution in [1.82, 2.24) is 15.3 Å². The molecule has 1 aliphatic rings. The largest absolute Gasteiger partial charge is 0.359 e. The van der Waals surface area contributed by atoms with Crippen LogP contribution >= 0.6 is 0 Å². The number of hydrogen-bond acceptors (Lipinski definition) is 6. The first-order valence-electron chi connectivity index (χ1n) is 6.85. The molecule has 2 rings (SSSR count). The van der Waals surface area contributed by atoms with Gasteiger partial charge >= 0.3 is 0 Å². The van der Waals surface area contributed by atoms with E-state index in [1.54, 1.807) is 7.05 Å². The zero-order valence-electron chi connectivity index (χ0n) is 12.2. The van der Waals surface area contributed by atoms with E-state index in [1.165, 1.54) is 0 Å². The highest BCUT2D eigenvalue weighted by Gasteiger charge is 2.26. The lowest BCUT2D eigenvalue weighted by atomic mass is 9.96. The minimum Gasteiger partial charge on any atom is -0.359 e. The third-order valence-electron chi connectivity index (χ3n) is 3.78. The average Bonchev–Trinajstić information content (AvgIpc) is 2.48. The van der Waals surface area contributed by atoms with Gasteiger partial charge in [-0.05, 0) is 26.7 Å². The number of nitrogens with zero attached hydrogens (tertiary/aromatic N) is 3. The number of aryl methyl sites for hydroxylation is 1. The predicted octanol–water partition coefficient (Wildman–Crippen LogP) is 0.341. The van der Waals surface area contributed by atoms with Gasteiger partial charge in [0, 0.05) is 31.6 Å². The van der Waals surface area contributed by atoms with Gasteiger partial charge in [-0.1, -0.05) is 0 Å². The van der Waals surface area contributed by atoms with E-state index in [2.05, 4.69) is 25.6 Å². The molecule has 0 radical (unpaired) electrons. The third kappa shape index (κ3) is 2.82. The molecule has 7 nitrogen and oxygen atoms in total. The molecule has 0 bridgehead atoms. The van der Waals surface area contributed by atoms with Gasteiger partial charge in [-0.15, -0.1) is 0 Å². The van der Waals surface area contributed by atoms with Crippen LogP contribution in [0.2, 0.25) is 0 Å². The summed E-state index contributed by atoms with van der Waals surface area (Å²) >= 11 is 0. The van der Waals surface area contributed by atoms with Crippen molar-refractivity contribution in [3.63, 3.8) is 0 Å². The third-order valence-corrected chi connectivity index (χ3v) is 3.78. The molecule has 0 spiro atoms. The number of rotatable bonds is 3. The smallest absolute Gasteiger partial charge is 0.222 e. The second kappa shape index (κ2) is 6.04. The van der Waals surface area contributed by atoms with E-state index in [0.717, 1.165) is 37.3 Å². The first kappa shape index (κ1) is 14.5. The van der Waals surface area contributed by atoms with Crippen molar-refractivity contribution in [2.24, 2.45) is 11.8 Å². The maximum absolute atomic E-state index is 11.6. The molecule has 0 aliphatic carbocycles. The quantitative estimate of drug-likeness (QED) is 0.545. The highest BCUT2D eigenvalue weighted by atomic mass is 16.1. The molecular weight excluding hydrogens is 256 g/mol. The van der Waals surface area contributed by atoms with Crippen LogP contribution in [0.3, 0.4) is 0 Å². The van der Waals surface area contributed by atoms with E-state index < -0.39 is 0 Å². The number of nitrogens with two attached hydrogens (primary N) is 1. The SMILES string of the molecule is CNC(=O)C1CCN(c2nc(C)nc(NN)c2C)CC1. The molecular formula is C13H22N6O. The van der Waals surface area contributed by atoms with E-state index >= 15 is 0 Å². The second-order valence-electron chi connectivity index (χ2n) is 5.09. The summed E-state index contributed by atoms with van der Waals surface area (Å²) in [6.45, 7) is 5.44. The summed E-state index contributed by atoms with van der Waals surface area (Å²) in [5.74, 6) is 7.96. The lowest BCUT2D eigenvalue weighted by Gasteiger charge is -2.33. The molecule has 20 heavy (non-hydrogen) atoms. The maximum Gasteiger partial charge on any atom is 0.222 e. The highest BCUT2D eigenvalue weighted by molar-refractivity contribution is 5.78. The molecule has 0 unspecified atom stereocenters. The fourth-order valence-electron chi connectivity index (χ4n) is 2.62. The van der Waals surface area contributed by atoms with Crippen LogP contribution in [0.1, 0.15) is 24.2 Å². The molecule has 4 N–H and O–H groups in total. The van der Waals surface area contributed by atoms with Crippen LogP contribution in [0, 0.1) is 19.8 Å². The van der Waals surface area contributed by atoms with Crippen molar-refractivity contribution >= 4 is 17.5 Å². The van der Waals surface area contributed by atoms with Gasteiger partial charge in [0.25, 0.3) is 0 Å².